The van der Waals surface area contributed by atoms with Gasteiger partial charge in [0.05, 0.1) is 5.69 Å². The van der Waals surface area contributed by atoms with Gasteiger partial charge < -0.3 is 0 Å². The van der Waals surface area contributed by atoms with Gasteiger partial charge in [-0.1, -0.05) is 0 Å². The summed E-state index contributed by atoms with van der Waals surface area (Å²) in [5.74, 6) is 0.520. The van der Waals surface area contributed by atoms with Crippen LogP contribution >= 0.6 is 0 Å². The van der Waals surface area contributed by atoms with Crippen molar-refractivity contribution in [1.29, 1.82) is 0 Å². The Morgan fingerprint density at radius 2 is 2.06 bits per heavy atom. The maximum Gasteiger partial charge on any atom is 0.252 e. The molecule has 0 bridgehead atoms. The molecule has 18 heavy (non-hydrogen) atoms. The van der Waals surface area contributed by atoms with Crippen molar-refractivity contribution in [2.24, 2.45) is 0 Å². The van der Waals surface area contributed by atoms with Gasteiger partial charge in [0.1, 0.15) is 0 Å². The van der Waals surface area contributed by atoms with Crippen LogP contribution in [0.1, 0.15) is 35.5 Å². The van der Waals surface area contributed by atoms with Crippen LogP contribution in [-0.4, -0.2) is 19.7 Å². The van der Waals surface area contributed by atoms with E-state index in [4.69, 9.17) is 0 Å². The summed E-state index contributed by atoms with van der Waals surface area (Å²) in [6.45, 7) is 3.86. The summed E-state index contributed by atoms with van der Waals surface area (Å²) in [6, 6.07) is 1.49. The lowest BCUT2D eigenvalue weighted by molar-refractivity contribution is 0.668. The molecule has 0 saturated heterocycles. The third-order valence-corrected chi connectivity index (χ3v) is 3.47. The van der Waals surface area contributed by atoms with E-state index in [9.17, 15) is 4.79 Å². The first-order valence-electron chi connectivity index (χ1n) is 6.31. The van der Waals surface area contributed by atoms with Crippen molar-refractivity contribution < 1.29 is 0 Å². The number of rotatable bonds is 1. The zero-order valence-electron chi connectivity index (χ0n) is 10.7. The van der Waals surface area contributed by atoms with Crippen LogP contribution in [0.4, 0.5) is 0 Å². The summed E-state index contributed by atoms with van der Waals surface area (Å²) in [5, 5.41) is 4.59. The fourth-order valence-electron chi connectivity index (χ4n) is 2.58. The van der Waals surface area contributed by atoms with Crippen LogP contribution < -0.4 is 5.56 Å². The Hall–Kier alpha value is -1.91. The van der Waals surface area contributed by atoms with E-state index in [0.29, 0.717) is 11.6 Å². The molecule has 2 heterocycles. The largest absolute Gasteiger partial charge is 0.291 e. The van der Waals surface area contributed by atoms with Crippen LogP contribution in [0.25, 0.3) is 5.95 Å². The topological polar surface area (TPSA) is 63.6 Å². The summed E-state index contributed by atoms with van der Waals surface area (Å²) in [7, 11) is 0. The predicted molar refractivity (Wildman–Crippen MR) is 68.1 cm³/mol. The van der Waals surface area contributed by atoms with Gasteiger partial charge in [0, 0.05) is 17.5 Å². The van der Waals surface area contributed by atoms with Crippen LogP contribution in [-0.2, 0) is 12.8 Å². The average molecular weight is 244 g/mol. The van der Waals surface area contributed by atoms with Crippen molar-refractivity contribution >= 4 is 0 Å². The third-order valence-electron chi connectivity index (χ3n) is 3.47. The Morgan fingerprint density at radius 3 is 2.78 bits per heavy atom. The second-order valence-corrected chi connectivity index (χ2v) is 4.84. The molecule has 3 rings (SSSR count). The molecule has 0 spiro atoms. The summed E-state index contributed by atoms with van der Waals surface area (Å²) in [4.78, 5) is 18.6. The van der Waals surface area contributed by atoms with Crippen molar-refractivity contribution in [2.75, 3.05) is 0 Å². The fraction of sp³-hybridized carbons (Fsp3) is 0.462. The molecular weight excluding hydrogens is 228 g/mol. The molecule has 0 aromatic carbocycles. The zero-order valence-corrected chi connectivity index (χ0v) is 10.7. The van der Waals surface area contributed by atoms with E-state index in [-0.39, 0.29) is 5.56 Å². The molecule has 2 aromatic rings. The average Bonchev–Trinajstić information content (AvgIpc) is 2.66. The second kappa shape index (κ2) is 4.08. The van der Waals surface area contributed by atoms with Gasteiger partial charge in [-0.3, -0.25) is 9.78 Å². The predicted octanol–water partition coefficient (Wildman–Crippen LogP) is 1.45. The molecule has 1 aliphatic carbocycles. The number of hydrogen-bond donors (Lipinski definition) is 1. The van der Waals surface area contributed by atoms with E-state index in [1.165, 1.54) is 24.5 Å². The summed E-state index contributed by atoms with van der Waals surface area (Å²) >= 11 is 0. The number of aromatic nitrogens is 4. The number of nitrogens with zero attached hydrogens (tertiary/aromatic N) is 3. The minimum absolute atomic E-state index is 0.134. The number of H-pyrrole nitrogens is 1. The minimum Gasteiger partial charge on any atom is -0.291 e. The van der Waals surface area contributed by atoms with E-state index >= 15 is 0 Å². The first kappa shape index (κ1) is 11.2. The monoisotopic (exact) mass is 244 g/mol. The highest BCUT2D eigenvalue weighted by molar-refractivity contribution is 5.32. The molecule has 0 saturated carbocycles. The lowest BCUT2D eigenvalue weighted by Crippen LogP contribution is -2.14. The SMILES string of the molecule is Cc1cc(=O)[nH]c(-n2nc3c(c2C)CCCC3)n1. The van der Waals surface area contributed by atoms with Crippen molar-refractivity contribution in [3.63, 3.8) is 0 Å². The van der Waals surface area contributed by atoms with Crippen molar-refractivity contribution in [1.82, 2.24) is 19.7 Å². The van der Waals surface area contributed by atoms with Gasteiger partial charge in [-0.15, -0.1) is 0 Å². The smallest absolute Gasteiger partial charge is 0.252 e. The zero-order chi connectivity index (χ0) is 12.7. The Morgan fingerprint density at radius 1 is 1.28 bits per heavy atom. The number of hydrogen-bond acceptors (Lipinski definition) is 3. The molecule has 0 fully saturated rings. The van der Waals surface area contributed by atoms with Crippen LogP contribution in [0.3, 0.4) is 0 Å². The second-order valence-electron chi connectivity index (χ2n) is 4.84. The summed E-state index contributed by atoms with van der Waals surface area (Å²) in [6.07, 6.45) is 4.52. The third kappa shape index (κ3) is 1.75. The fourth-order valence-corrected chi connectivity index (χ4v) is 2.58. The Bertz CT molecular complexity index is 653. The lowest BCUT2D eigenvalue weighted by Gasteiger charge is -2.08. The highest BCUT2D eigenvalue weighted by Gasteiger charge is 2.19. The van der Waals surface area contributed by atoms with Gasteiger partial charge in [0.25, 0.3) is 5.56 Å². The van der Waals surface area contributed by atoms with Gasteiger partial charge in [-0.25, -0.2) is 9.67 Å². The van der Waals surface area contributed by atoms with Crippen LogP contribution in [0.2, 0.25) is 0 Å². The molecule has 0 amide bonds. The Balaban J connectivity index is 2.17. The summed E-state index contributed by atoms with van der Waals surface area (Å²) in [5.41, 5.74) is 4.15. The molecule has 94 valence electrons. The highest BCUT2D eigenvalue weighted by atomic mass is 16.1. The molecule has 0 atom stereocenters. The normalized spacial score (nSPS) is 14.6. The Kier molecular flexibility index (Phi) is 2.54. The number of aryl methyl sites for hydroxylation is 2. The number of aromatic amines is 1. The maximum absolute atomic E-state index is 11.5. The van der Waals surface area contributed by atoms with E-state index in [0.717, 1.165) is 24.2 Å². The van der Waals surface area contributed by atoms with E-state index in [2.05, 4.69) is 15.1 Å². The van der Waals surface area contributed by atoms with Gasteiger partial charge in [-0.05, 0) is 45.1 Å². The lowest BCUT2D eigenvalue weighted by atomic mass is 9.96. The molecular formula is C13H16N4O. The van der Waals surface area contributed by atoms with Gasteiger partial charge in [-0.2, -0.15) is 5.10 Å². The van der Waals surface area contributed by atoms with Crippen LogP contribution in [0.15, 0.2) is 10.9 Å². The molecule has 0 unspecified atom stereocenters. The standard InChI is InChI=1S/C13H16N4O/c1-8-7-12(18)15-13(14-8)17-9(2)10-5-3-4-6-11(10)16-17/h7H,3-6H2,1-2H3,(H,14,15,18). The Labute approximate surface area is 105 Å². The minimum atomic E-state index is -0.134. The van der Waals surface area contributed by atoms with Crippen LogP contribution in [0.5, 0.6) is 0 Å². The van der Waals surface area contributed by atoms with E-state index in [1.807, 2.05) is 13.8 Å². The van der Waals surface area contributed by atoms with Crippen molar-refractivity contribution in [2.45, 2.75) is 39.5 Å². The number of fused-ring (bicyclic) bond motifs is 1. The van der Waals surface area contributed by atoms with Crippen molar-refractivity contribution in [3.8, 4) is 5.95 Å². The molecule has 2 aromatic heterocycles. The molecule has 5 heteroatoms. The van der Waals surface area contributed by atoms with Gasteiger partial charge in [0.15, 0.2) is 0 Å². The van der Waals surface area contributed by atoms with Gasteiger partial charge >= 0.3 is 0 Å². The van der Waals surface area contributed by atoms with E-state index in [1.54, 1.807) is 4.68 Å². The molecule has 0 aliphatic heterocycles. The quantitative estimate of drug-likeness (QED) is 0.825. The molecule has 1 N–H and O–H groups in total. The molecule has 0 radical (unpaired) electrons. The van der Waals surface area contributed by atoms with Gasteiger partial charge in [0.2, 0.25) is 5.95 Å². The van der Waals surface area contributed by atoms with Crippen molar-refractivity contribution in [3.05, 3.63) is 39.1 Å². The molecule has 1 aliphatic rings. The number of nitrogens with one attached hydrogen (secondary N) is 1. The first-order valence-corrected chi connectivity index (χ1v) is 6.31. The van der Waals surface area contributed by atoms with E-state index < -0.39 is 0 Å². The molecule has 5 nitrogen and oxygen atoms in total. The maximum atomic E-state index is 11.5. The highest BCUT2D eigenvalue weighted by Crippen LogP contribution is 2.24. The summed E-state index contributed by atoms with van der Waals surface area (Å²) < 4.78 is 1.77. The first-order chi connectivity index (χ1) is 8.65. The van der Waals surface area contributed by atoms with Crippen LogP contribution in [0, 0.1) is 13.8 Å².